The summed E-state index contributed by atoms with van der Waals surface area (Å²) in [5.41, 5.74) is 0.776. The van der Waals surface area contributed by atoms with E-state index >= 15 is 0 Å². The van der Waals surface area contributed by atoms with Crippen LogP contribution < -0.4 is 4.90 Å². The molecular formula is C9H11ClIN3O. The van der Waals surface area contributed by atoms with Gasteiger partial charge in [-0.05, 0) is 13.3 Å². The summed E-state index contributed by atoms with van der Waals surface area (Å²) < 4.78 is 1.90. The first-order chi connectivity index (χ1) is 7.02. The van der Waals surface area contributed by atoms with E-state index in [0.717, 1.165) is 18.7 Å². The minimum atomic E-state index is 0.00525. The van der Waals surface area contributed by atoms with Crippen LogP contribution in [0, 0.1) is 6.92 Å². The molecule has 6 heteroatoms. The van der Waals surface area contributed by atoms with Gasteiger partial charge in [-0.3, -0.25) is 9.69 Å². The number of fused-ring (bicyclic) bond motifs is 1. The maximum atomic E-state index is 11.9. The molecule has 1 aliphatic rings. The molecule has 1 unspecified atom stereocenters. The maximum Gasteiger partial charge on any atom is 0.242 e. The molecule has 1 aromatic rings. The number of carbonyl (C=O) groups is 1. The zero-order valence-electron chi connectivity index (χ0n) is 8.50. The number of halogens is 2. The molecule has 2 heterocycles. The molecule has 0 fully saturated rings. The van der Waals surface area contributed by atoms with Gasteiger partial charge >= 0.3 is 0 Å². The molecule has 15 heavy (non-hydrogen) atoms. The summed E-state index contributed by atoms with van der Waals surface area (Å²) in [6, 6.07) is 0. The summed E-state index contributed by atoms with van der Waals surface area (Å²) in [6.45, 7) is 2.60. The summed E-state index contributed by atoms with van der Waals surface area (Å²) >= 11 is 8.28. The minimum Gasteiger partial charge on any atom is -0.301 e. The van der Waals surface area contributed by atoms with Gasteiger partial charge in [-0.25, -0.2) is 4.98 Å². The van der Waals surface area contributed by atoms with E-state index in [1.165, 1.54) is 0 Å². The van der Waals surface area contributed by atoms with E-state index in [-0.39, 0.29) is 9.83 Å². The standard InChI is InChI=1S/C9H11ClIN3O/c1-5-7(10)14-4-3-6(11)8(15)13(2)9(14)12-5/h6H,3-4H2,1-2H3. The Hall–Kier alpha value is -0.300. The van der Waals surface area contributed by atoms with E-state index in [9.17, 15) is 4.79 Å². The van der Waals surface area contributed by atoms with Gasteiger partial charge in [-0.15, -0.1) is 0 Å². The zero-order valence-corrected chi connectivity index (χ0v) is 11.4. The SMILES string of the molecule is Cc1nc2n(c1Cl)CCC(I)C(=O)N2C. The molecule has 1 amide bonds. The topological polar surface area (TPSA) is 38.1 Å². The molecule has 0 saturated heterocycles. The van der Waals surface area contributed by atoms with Crippen LogP contribution in [-0.4, -0.2) is 26.4 Å². The summed E-state index contributed by atoms with van der Waals surface area (Å²) in [6.07, 6.45) is 0.798. The molecule has 1 aromatic heterocycles. The average Bonchev–Trinajstić information content (AvgIpc) is 2.45. The highest BCUT2D eigenvalue weighted by atomic mass is 127. The van der Waals surface area contributed by atoms with Crippen molar-refractivity contribution in [2.75, 3.05) is 11.9 Å². The number of imidazole rings is 1. The fraction of sp³-hybridized carbons (Fsp3) is 0.556. The van der Waals surface area contributed by atoms with Crippen LogP contribution in [0.15, 0.2) is 0 Å². The van der Waals surface area contributed by atoms with Crippen molar-refractivity contribution in [2.45, 2.75) is 23.8 Å². The predicted molar refractivity (Wildman–Crippen MR) is 67.8 cm³/mol. The van der Waals surface area contributed by atoms with Gasteiger partial charge < -0.3 is 4.57 Å². The maximum absolute atomic E-state index is 11.9. The highest BCUT2D eigenvalue weighted by molar-refractivity contribution is 14.1. The number of amides is 1. The Morgan fingerprint density at radius 1 is 1.60 bits per heavy atom. The van der Waals surface area contributed by atoms with Crippen molar-refractivity contribution in [3.05, 3.63) is 10.8 Å². The molecule has 82 valence electrons. The first-order valence-electron chi connectivity index (χ1n) is 4.66. The summed E-state index contributed by atoms with van der Waals surface area (Å²) in [7, 11) is 1.74. The smallest absolute Gasteiger partial charge is 0.242 e. The number of aryl methyl sites for hydroxylation is 1. The van der Waals surface area contributed by atoms with Gasteiger partial charge in [0, 0.05) is 13.6 Å². The van der Waals surface area contributed by atoms with Gasteiger partial charge in [0.2, 0.25) is 11.9 Å². The second-order valence-corrected chi connectivity index (χ2v) is 5.45. The summed E-state index contributed by atoms with van der Waals surface area (Å²) in [5, 5.41) is 0.634. The van der Waals surface area contributed by atoms with Crippen LogP contribution in [0.25, 0.3) is 0 Å². The normalized spacial score (nSPS) is 21.5. The van der Waals surface area contributed by atoms with Gasteiger partial charge in [0.05, 0.1) is 9.62 Å². The Balaban J connectivity index is 2.51. The Kier molecular flexibility index (Phi) is 2.94. The lowest BCUT2D eigenvalue weighted by molar-refractivity contribution is -0.117. The Morgan fingerprint density at radius 2 is 2.27 bits per heavy atom. The van der Waals surface area contributed by atoms with E-state index < -0.39 is 0 Å². The molecular weight excluding hydrogens is 328 g/mol. The monoisotopic (exact) mass is 339 g/mol. The highest BCUT2D eigenvalue weighted by Crippen LogP contribution is 2.28. The van der Waals surface area contributed by atoms with Gasteiger partial charge in [0.15, 0.2) is 0 Å². The van der Waals surface area contributed by atoms with Crippen LogP contribution in [0.4, 0.5) is 5.95 Å². The Labute approximate surface area is 107 Å². The van der Waals surface area contributed by atoms with Crippen LogP contribution in [-0.2, 0) is 11.3 Å². The molecule has 2 rings (SSSR count). The van der Waals surface area contributed by atoms with Crippen LogP contribution in [0.2, 0.25) is 5.15 Å². The molecule has 0 N–H and O–H groups in total. The molecule has 0 spiro atoms. The van der Waals surface area contributed by atoms with Gasteiger partial charge in [-0.2, -0.15) is 0 Å². The van der Waals surface area contributed by atoms with Crippen molar-refractivity contribution in [1.29, 1.82) is 0 Å². The van der Waals surface area contributed by atoms with Crippen molar-refractivity contribution < 1.29 is 4.79 Å². The van der Waals surface area contributed by atoms with Gasteiger partial charge in [0.25, 0.3) is 0 Å². The van der Waals surface area contributed by atoms with Crippen molar-refractivity contribution in [2.24, 2.45) is 0 Å². The van der Waals surface area contributed by atoms with E-state index in [1.807, 2.05) is 11.5 Å². The number of alkyl halides is 1. The second-order valence-electron chi connectivity index (χ2n) is 3.59. The molecule has 1 atom stereocenters. The molecule has 0 aromatic carbocycles. The molecule has 0 bridgehead atoms. The largest absolute Gasteiger partial charge is 0.301 e. The first-order valence-corrected chi connectivity index (χ1v) is 6.29. The molecule has 0 saturated carbocycles. The molecule has 1 aliphatic heterocycles. The van der Waals surface area contributed by atoms with Crippen molar-refractivity contribution in [1.82, 2.24) is 9.55 Å². The quantitative estimate of drug-likeness (QED) is 0.536. The lowest BCUT2D eigenvalue weighted by atomic mass is 10.3. The zero-order chi connectivity index (χ0) is 11.2. The van der Waals surface area contributed by atoms with Crippen LogP contribution in [0.1, 0.15) is 12.1 Å². The minimum absolute atomic E-state index is 0.00525. The number of carbonyl (C=O) groups excluding carboxylic acids is 1. The van der Waals surface area contributed by atoms with Crippen LogP contribution in [0.3, 0.4) is 0 Å². The van der Waals surface area contributed by atoms with E-state index in [1.54, 1.807) is 11.9 Å². The molecule has 4 nitrogen and oxygen atoms in total. The number of aromatic nitrogens is 2. The fourth-order valence-electron chi connectivity index (χ4n) is 1.67. The Morgan fingerprint density at radius 3 is 2.93 bits per heavy atom. The lowest BCUT2D eigenvalue weighted by Crippen LogP contribution is -2.32. The third kappa shape index (κ3) is 1.75. The molecule has 0 aliphatic carbocycles. The van der Waals surface area contributed by atoms with Gasteiger partial charge in [0.1, 0.15) is 5.15 Å². The number of nitrogens with zero attached hydrogens (tertiary/aromatic N) is 3. The van der Waals surface area contributed by atoms with Crippen LogP contribution >= 0.6 is 34.2 Å². The third-order valence-corrected chi connectivity index (χ3v) is 4.18. The first kappa shape index (κ1) is 11.2. The van der Waals surface area contributed by atoms with Crippen LogP contribution in [0.5, 0.6) is 0 Å². The van der Waals surface area contributed by atoms with E-state index in [0.29, 0.717) is 11.1 Å². The number of rotatable bonds is 0. The van der Waals surface area contributed by atoms with E-state index in [4.69, 9.17) is 11.6 Å². The van der Waals surface area contributed by atoms with E-state index in [2.05, 4.69) is 27.6 Å². The lowest BCUT2D eigenvalue weighted by Gasteiger charge is -2.15. The van der Waals surface area contributed by atoms with Crippen molar-refractivity contribution in [3.8, 4) is 0 Å². The fourth-order valence-corrected chi connectivity index (χ4v) is 2.57. The number of anilines is 1. The predicted octanol–water partition coefficient (Wildman–Crippen LogP) is 2.02. The third-order valence-electron chi connectivity index (χ3n) is 2.55. The number of hydrogen-bond acceptors (Lipinski definition) is 2. The molecule has 0 radical (unpaired) electrons. The Bertz CT molecular complexity index is 418. The second kappa shape index (κ2) is 3.93. The number of hydrogen-bond donors (Lipinski definition) is 0. The highest BCUT2D eigenvalue weighted by Gasteiger charge is 2.29. The van der Waals surface area contributed by atoms with Crippen molar-refractivity contribution >= 4 is 46.0 Å². The van der Waals surface area contributed by atoms with Crippen molar-refractivity contribution in [3.63, 3.8) is 0 Å². The summed E-state index contributed by atoms with van der Waals surface area (Å²) in [5.74, 6) is 0.748. The average molecular weight is 340 g/mol. The van der Waals surface area contributed by atoms with Gasteiger partial charge in [-0.1, -0.05) is 34.2 Å². The summed E-state index contributed by atoms with van der Waals surface area (Å²) in [4.78, 5) is 17.7.